The first kappa shape index (κ1) is 22.5. The third kappa shape index (κ3) is 4.08. The molecule has 0 saturated carbocycles. The van der Waals surface area contributed by atoms with Crippen molar-refractivity contribution in [2.24, 2.45) is 0 Å². The fraction of sp³-hybridized carbons (Fsp3) is 0.172. The van der Waals surface area contributed by atoms with Crippen LogP contribution in [0.4, 0.5) is 0 Å². The molecular formula is C29H26N2O4. The average molecular weight is 467 g/mol. The first-order valence-electron chi connectivity index (χ1n) is 11.5. The van der Waals surface area contributed by atoms with Crippen LogP contribution in [-0.4, -0.2) is 40.3 Å². The van der Waals surface area contributed by atoms with Crippen LogP contribution in [0.2, 0.25) is 0 Å². The van der Waals surface area contributed by atoms with Gasteiger partial charge in [0.2, 0.25) is 0 Å². The number of hydrogen-bond donors (Lipinski definition) is 2. The lowest BCUT2D eigenvalue weighted by atomic mass is 9.94. The van der Waals surface area contributed by atoms with Crippen LogP contribution < -0.4 is 4.74 Å². The number of benzene rings is 3. The molecule has 176 valence electrons. The Balaban J connectivity index is 1.55. The zero-order valence-corrected chi connectivity index (χ0v) is 19.6. The fourth-order valence-electron chi connectivity index (χ4n) is 4.69. The van der Waals surface area contributed by atoms with Crippen molar-refractivity contribution in [1.29, 1.82) is 0 Å². The highest BCUT2D eigenvalue weighted by Crippen LogP contribution is 2.39. The number of ether oxygens (including phenoxy) is 1. The number of Topliss-reactive ketones (excluding diaryl/α,β-unsaturated/α-hetero) is 1. The SMILES string of the molecule is COc1ccc2[nH]cc(CCN3C(=O)C(=O)/C(=C(\O)c4ccccc4)C3c3ccc(C)cc3)c2c1. The lowest BCUT2D eigenvalue weighted by Crippen LogP contribution is -2.31. The van der Waals surface area contributed by atoms with Crippen molar-refractivity contribution in [2.45, 2.75) is 19.4 Å². The van der Waals surface area contributed by atoms with Gasteiger partial charge < -0.3 is 19.7 Å². The lowest BCUT2D eigenvalue weighted by Gasteiger charge is -2.25. The van der Waals surface area contributed by atoms with Gasteiger partial charge in [0, 0.05) is 29.2 Å². The normalized spacial score (nSPS) is 17.3. The summed E-state index contributed by atoms with van der Waals surface area (Å²) >= 11 is 0. The summed E-state index contributed by atoms with van der Waals surface area (Å²) in [4.78, 5) is 31.3. The molecule has 6 heteroatoms. The lowest BCUT2D eigenvalue weighted by molar-refractivity contribution is -0.139. The van der Waals surface area contributed by atoms with Crippen LogP contribution in [0.15, 0.2) is 84.6 Å². The molecule has 1 fully saturated rings. The number of H-pyrrole nitrogens is 1. The third-order valence-corrected chi connectivity index (χ3v) is 6.58. The number of nitrogens with zero attached hydrogens (tertiary/aromatic N) is 1. The fourth-order valence-corrected chi connectivity index (χ4v) is 4.69. The van der Waals surface area contributed by atoms with E-state index < -0.39 is 17.7 Å². The van der Waals surface area contributed by atoms with Crippen molar-refractivity contribution in [3.63, 3.8) is 0 Å². The number of rotatable bonds is 6. The smallest absolute Gasteiger partial charge is 0.295 e. The predicted octanol–water partition coefficient (Wildman–Crippen LogP) is 5.15. The van der Waals surface area contributed by atoms with Crippen LogP contribution in [0.1, 0.15) is 28.3 Å². The van der Waals surface area contributed by atoms with E-state index in [9.17, 15) is 14.7 Å². The van der Waals surface area contributed by atoms with Gasteiger partial charge in [-0.25, -0.2) is 0 Å². The molecule has 1 aliphatic heterocycles. The highest BCUT2D eigenvalue weighted by atomic mass is 16.5. The molecule has 6 nitrogen and oxygen atoms in total. The summed E-state index contributed by atoms with van der Waals surface area (Å²) in [5, 5.41) is 12.1. The van der Waals surface area contributed by atoms with Gasteiger partial charge in [-0.3, -0.25) is 9.59 Å². The van der Waals surface area contributed by atoms with Gasteiger partial charge in [0.1, 0.15) is 11.5 Å². The summed E-state index contributed by atoms with van der Waals surface area (Å²) in [5.74, 6) is -0.682. The quantitative estimate of drug-likeness (QED) is 0.234. The molecule has 1 unspecified atom stereocenters. The number of amides is 1. The van der Waals surface area contributed by atoms with Crippen LogP contribution in [-0.2, 0) is 16.0 Å². The predicted molar refractivity (Wildman–Crippen MR) is 135 cm³/mol. The molecule has 0 bridgehead atoms. The minimum absolute atomic E-state index is 0.116. The Hall–Kier alpha value is -4.32. The van der Waals surface area contributed by atoms with Crippen molar-refractivity contribution in [3.8, 4) is 5.75 Å². The molecule has 1 aromatic heterocycles. The molecule has 4 aromatic rings. The van der Waals surface area contributed by atoms with Crippen LogP contribution in [0, 0.1) is 6.92 Å². The first-order valence-corrected chi connectivity index (χ1v) is 11.5. The van der Waals surface area contributed by atoms with Crippen molar-refractivity contribution in [1.82, 2.24) is 9.88 Å². The number of fused-ring (bicyclic) bond motifs is 1. The molecule has 2 heterocycles. The molecule has 3 aromatic carbocycles. The second-order valence-electron chi connectivity index (χ2n) is 8.74. The number of hydrogen-bond acceptors (Lipinski definition) is 4. The van der Waals surface area contributed by atoms with Gasteiger partial charge in [-0.1, -0.05) is 60.2 Å². The second kappa shape index (κ2) is 9.14. The van der Waals surface area contributed by atoms with E-state index >= 15 is 0 Å². The van der Waals surface area contributed by atoms with Crippen LogP contribution in [0.25, 0.3) is 16.7 Å². The molecule has 1 amide bonds. The monoisotopic (exact) mass is 466 g/mol. The van der Waals surface area contributed by atoms with E-state index in [1.54, 1.807) is 36.3 Å². The molecule has 35 heavy (non-hydrogen) atoms. The topological polar surface area (TPSA) is 82.6 Å². The van der Waals surface area contributed by atoms with Gasteiger partial charge in [-0.2, -0.15) is 0 Å². The van der Waals surface area contributed by atoms with E-state index in [1.807, 2.05) is 61.7 Å². The number of carbonyl (C=O) groups is 2. The molecular weight excluding hydrogens is 440 g/mol. The summed E-state index contributed by atoms with van der Waals surface area (Å²) in [5.41, 5.74) is 4.47. The van der Waals surface area contributed by atoms with Crippen molar-refractivity contribution < 1.29 is 19.4 Å². The Morgan fingerprint density at radius 2 is 1.77 bits per heavy atom. The van der Waals surface area contributed by atoms with E-state index in [4.69, 9.17) is 4.74 Å². The minimum atomic E-state index is -0.671. The van der Waals surface area contributed by atoms with Gasteiger partial charge in [0.25, 0.3) is 11.7 Å². The number of aromatic nitrogens is 1. The van der Waals surface area contributed by atoms with Gasteiger partial charge in [0.15, 0.2) is 0 Å². The largest absolute Gasteiger partial charge is 0.507 e. The summed E-state index contributed by atoms with van der Waals surface area (Å²) in [6, 6.07) is 21.7. The summed E-state index contributed by atoms with van der Waals surface area (Å²) in [6.45, 7) is 2.30. The van der Waals surface area contributed by atoms with Gasteiger partial charge in [-0.15, -0.1) is 0 Å². The number of aliphatic hydroxyl groups is 1. The molecule has 0 radical (unpaired) electrons. The Morgan fingerprint density at radius 3 is 2.49 bits per heavy atom. The summed E-state index contributed by atoms with van der Waals surface area (Å²) < 4.78 is 5.37. The highest BCUT2D eigenvalue weighted by Gasteiger charge is 2.45. The molecule has 1 aliphatic rings. The van der Waals surface area contributed by atoms with E-state index in [-0.39, 0.29) is 11.3 Å². The molecule has 1 atom stereocenters. The summed E-state index contributed by atoms with van der Waals surface area (Å²) in [7, 11) is 1.63. The average Bonchev–Trinajstić information content (AvgIpc) is 3.41. The first-order chi connectivity index (χ1) is 17.0. The number of ketones is 1. The van der Waals surface area contributed by atoms with Crippen LogP contribution in [0.5, 0.6) is 5.75 Å². The van der Waals surface area contributed by atoms with Crippen LogP contribution >= 0.6 is 0 Å². The molecule has 0 aliphatic carbocycles. The standard InChI is InChI=1S/C29H26N2O4/c1-18-8-10-19(11-9-18)26-25(27(32)20-6-4-3-5-7-20)28(33)29(34)31(26)15-14-21-17-30-24-13-12-22(35-2)16-23(21)24/h3-13,16-17,26,30,32H,14-15H2,1-2H3/b27-25-. The molecule has 1 saturated heterocycles. The number of nitrogens with one attached hydrogen (secondary N) is 1. The van der Waals surface area contributed by atoms with Gasteiger partial charge >= 0.3 is 0 Å². The Bertz CT molecular complexity index is 1430. The highest BCUT2D eigenvalue weighted by molar-refractivity contribution is 6.46. The summed E-state index contributed by atoms with van der Waals surface area (Å²) in [6.07, 6.45) is 2.46. The van der Waals surface area contributed by atoms with Gasteiger partial charge in [-0.05, 0) is 42.7 Å². The molecule has 5 rings (SSSR count). The number of aryl methyl sites for hydroxylation is 1. The maximum absolute atomic E-state index is 13.2. The zero-order chi connectivity index (χ0) is 24.5. The number of aliphatic hydroxyl groups excluding tert-OH is 1. The molecule has 2 N–H and O–H groups in total. The van der Waals surface area contributed by atoms with Crippen molar-refractivity contribution >= 4 is 28.4 Å². The van der Waals surface area contributed by atoms with E-state index in [0.29, 0.717) is 18.5 Å². The minimum Gasteiger partial charge on any atom is -0.507 e. The van der Waals surface area contributed by atoms with Crippen LogP contribution in [0.3, 0.4) is 0 Å². The zero-order valence-electron chi connectivity index (χ0n) is 19.6. The van der Waals surface area contributed by atoms with Crippen molar-refractivity contribution in [3.05, 3.63) is 107 Å². The maximum atomic E-state index is 13.2. The van der Waals surface area contributed by atoms with Gasteiger partial charge in [0.05, 0.1) is 18.7 Å². The third-order valence-electron chi connectivity index (χ3n) is 6.58. The maximum Gasteiger partial charge on any atom is 0.295 e. The Morgan fingerprint density at radius 1 is 1.03 bits per heavy atom. The Labute approximate surface area is 203 Å². The number of aromatic amines is 1. The van der Waals surface area contributed by atoms with E-state index in [1.165, 1.54) is 0 Å². The van der Waals surface area contributed by atoms with E-state index in [2.05, 4.69) is 4.98 Å². The van der Waals surface area contributed by atoms with Crippen molar-refractivity contribution in [2.75, 3.05) is 13.7 Å². The Kier molecular flexibility index (Phi) is 5.87. The molecule has 0 spiro atoms. The number of likely N-dealkylation sites (tertiary alicyclic amines) is 1. The number of methoxy groups -OCH3 is 1. The number of carbonyl (C=O) groups excluding carboxylic acids is 2. The second-order valence-corrected chi connectivity index (χ2v) is 8.74. The van der Waals surface area contributed by atoms with E-state index in [0.717, 1.165) is 33.3 Å².